The number of carbonyl (C=O) groups is 2. The molecule has 1 heterocycles. The van der Waals surface area contributed by atoms with Gasteiger partial charge in [0.2, 0.25) is 5.91 Å². The third-order valence-corrected chi connectivity index (χ3v) is 4.48. The second kappa shape index (κ2) is 15.5. The third kappa shape index (κ3) is 9.82. The fourth-order valence-corrected chi connectivity index (χ4v) is 2.77. The summed E-state index contributed by atoms with van der Waals surface area (Å²) in [5.74, 6) is -0.358. The molecule has 33 heavy (non-hydrogen) atoms. The summed E-state index contributed by atoms with van der Waals surface area (Å²) in [5.41, 5.74) is 14.6. The number of benzene rings is 1. The van der Waals surface area contributed by atoms with Crippen molar-refractivity contribution in [1.29, 1.82) is 0 Å². The van der Waals surface area contributed by atoms with E-state index in [2.05, 4.69) is 28.4 Å². The van der Waals surface area contributed by atoms with Gasteiger partial charge < -0.3 is 16.8 Å². The minimum absolute atomic E-state index is 0.274. The van der Waals surface area contributed by atoms with Gasteiger partial charge in [-0.25, -0.2) is 4.99 Å². The molecule has 8 heteroatoms. The number of amides is 2. The fourth-order valence-electron chi connectivity index (χ4n) is 2.77. The van der Waals surface area contributed by atoms with Gasteiger partial charge in [0.15, 0.2) is 0 Å². The summed E-state index contributed by atoms with van der Waals surface area (Å²) in [6.45, 7) is 16.6. The Morgan fingerprint density at radius 3 is 2.24 bits per heavy atom. The number of rotatable bonds is 6. The van der Waals surface area contributed by atoms with Crippen LogP contribution in [0.2, 0.25) is 0 Å². The Hall–Kier alpha value is -3.26. The minimum Gasteiger partial charge on any atom is -0.366 e. The highest BCUT2D eigenvalue weighted by Gasteiger charge is 2.14. The number of nitrogens with zero attached hydrogens (tertiary/aromatic N) is 3. The van der Waals surface area contributed by atoms with Crippen molar-refractivity contribution in [3.05, 3.63) is 58.4 Å². The molecule has 0 radical (unpaired) electrons. The van der Waals surface area contributed by atoms with Crippen molar-refractivity contribution < 1.29 is 9.59 Å². The molecule has 0 fully saturated rings. The van der Waals surface area contributed by atoms with Crippen molar-refractivity contribution in [2.24, 2.45) is 16.5 Å². The number of carbonyl (C=O) groups excluding carboxylic acids is 2. The molecule has 1 aromatic heterocycles. The van der Waals surface area contributed by atoms with Crippen LogP contribution in [0.3, 0.4) is 0 Å². The molecule has 0 aliphatic carbocycles. The molecule has 0 bridgehead atoms. The summed E-state index contributed by atoms with van der Waals surface area (Å²) >= 11 is 0. The Morgan fingerprint density at radius 2 is 1.76 bits per heavy atom. The predicted octanol–water partition coefficient (Wildman–Crippen LogP) is 4.34. The first-order valence-corrected chi connectivity index (χ1v) is 11.3. The molecule has 5 N–H and O–H groups in total. The van der Waals surface area contributed by atoms with E-state index in [4.69, 9.17) is 11.5 Å². The highest BCUT2D eigenvalue weighted by Crippen LogP contribution is 2.24. The lowest BCUT2D eigenvalue weighted by atomic mass is 10.0. The number of allylic oxidation sites excluding steroid dienone is 1. The summed E-state index contributed by atoms with van der Waals surface area (Å²) in [5, 5.41) is 7.02. The first-order valence-electron chi connectivity index (χ1n) is 11.3. The van der Waals surface area contributed by atoms with Gasteiger partial charge in [-0.2, -0.15) is 5.10 Å². The van der Waals surface area contributed by atoms with Crippen LogP contribution in [0.5, 0.6) is 0 Å². The SMILES string of the molecule is CC.CC/C=C/CN.CCn1nc(C)cc1C(=O)NC(C)=Nc1cc(C(N)=O)cc(C)c1C. The van der Waals surface area contributed by atoms with Gasteiger partial charge in [-0.15, -0.1) is 0 Å². The third-order valence-electron chi connectivity index (χ3n) is 4.48. The van der Waals surface area contributed by atoms with E-state index in [1.165, 1.54) is 0 Å². The van der Waals surface area contributed by atoms with E-state index in [-0.39, 0.29) is 5.91 Å². The molecule has 1 aromatic carbocycles. The fraction of sp³-hybridized carbons (Fsp3) is 0.440. The molecule has 0 unspecified atom stereocenters. The van der Waals surface area contributed by atoms with E-state index >= 15 is 0 Å². The maximum absolute atomic E-state index is 12.4. The van der Waals surface area contributed by atoms with Crippen LogP contribution in [-0.2, 0) is 6.54 Å². The van der Waals surface area contributed by atoms with E-state index in [1.54, 1.807) is 29.8 Å². The zero-order chi connectivity index (χ0) is 25.6. The molecule has 2 rings (SSSR count). The summed E-state index contributed by atoms with van der Waals surface area (Å²) in [6, 6.07) is 5.09. The minimum atomic E-state index is -0.511. The van der Waals surface area contributed by atoms with Gasteiger partial charge in [0.05, 0.1) is 11.4 Å². The first kappa shape index (κ1) is 29.7. The number of aliphatic imine (C=N–C) groups is 1. The van der Waals surface area contributed by atoms with Crippen LogP contribution in [0.15, 0.2) is 35.3 Å². The van der Waals surface area contributed by atoms with Gasteiger partial charge >= 0.3 is 0 Å². The van der Waals surface area contributed by atoms with E-state index in [0.29, 0.717) is 35.9 Å². The standard InChI is InChI=1S/C18H23N5O2.C5H11N.C2H6/c1-6-23-16(8-11(3)22-23)18(25)21-13(5)20-15-9-14(17(19)24)7-10(2)12(15)4;1-2-3-4-5-6;1-2/h7-9H,6H2,1-5H3,(H2,19,24)(H,20,21,25);3-4H,2,5-6H2,1H3;1-2H3/b;4-3+;. The van der Waals surface area contributed by atoms with Gasteiger partial charge in [0, 0.05) is 18.7 Å². The molecular formula is C25H40N6O2. The Morgan fingerprint density at radius 1 is 1.12 bits per heavy atom. The van der Waals surface area contributed by atoms with Crippen LogP contribution in [0.25, 0.3) is 0 Å². The maximum atomic E-state index is 12.4. The summed E-state index contributed by atoms with van der Waals surface area (Å²) < 4.78 is 1.64. The average Bonchev–Trinajstić information content (AvgIpc) is 3.17. The number of amidine groups is 1. The van der Waals surface area contributed by atoms with Crippen molar-refractivity contribution in [1.82, 2.24) is 15.1 Å². The number of nitrogens with one attached hydrogen (secondary N) is 1. The van der Waals surface area contributed by atoms with Gasteiger partial charge in [-0.3, -0.25) is 14.3 Å². The van der Waals surface area contributed by atoms with Gasteiger partial charge in [-0.1, -0.05) is 32.9 Å². The normalized spacial score (nSPS) is 10.8. The molecule has 0 aliphatic rings. The molecule has 0 saturated carbocycles. The summed E-state index contributed by atoms with van der Waals surface area (Å²) in [7, 11) is 0. The lowest BCUT2D eigenvalue weighted by Gasteiger charge is -2.10. The molecular weight excluding hydrogens is 416 g/mol. The van der Waals surface area contributed by atoms with E-state index < -0.39 is 5.91 Å². The largest absolute Gasteiger partial charge is 0.366 e. The number of hydrogen-bond acceptors (Lipinski definition) is 5. The zero-order valence-corrected chi connectivity index (χ0v) is 21.3. The van der Waals surface area contributed by atoms with Crippen molar-refractivity contribution >= 4 is 23.3 Å². The average molecular weight is 457 g/mol. The number of primary amides is 1. The topological polar surface area (TPSA) is 128 Å². The number of aromatic nitrogens is 2. The molecule has 0 saturated heterocycles. The highest BCUT2D eigenvalue weighted by molar-refractivity contribution is 6.05. The van der Waals surface area contributed by atoms with Crippen molar-refractivity contribution in [3.63, 3.8) is 0 Å². The van der Waals surface area contributed by atoms with Crippen LogP contribution in [0.4, 0.5) is 5.69 Å². The summed E-state index contributed by atoms with van der Waals surface area (Å²) in [4.78, 5) is 28.3. The quantitative estimate of drug-likeness (QED) is 0.339. The molecule has 0 atom stereocenters. The number of hydrogen-bond donors (Lipinski definition) is 3. The molecule has 0 spiro atoms. The molecule has 8 nitrogen and oxygen atoms in total. The lowest BCUT2D eigenvalue weighted by Crippen LogP contribution is -2.30. The van der Waals surface area contributed by atoms with Crippen molar-refractivity contribution in [3.8, 4) is 0 Å². The lowest BCUT2D eigenvalue weighted by molar-refractivity contribution is 0.0964. The van der Waals surface area contributed by atoms with Gasteiger partial charge in [0.1, 0.15) is 11.5 Å². The van der Waals surface area contributed by atoms with Crippen LogP contribution in [0, 0.1) is 20.8 Å². The van der Waals surface area contributed by atoms with Gasteiger partial charge in [-0.05, 0) is 70.4 Å². The zero-order valence-electron chi connectivity index (χ0n) is 21.3. The smallest absolute Gasteiger partial charge is 0.274 e. The van der Waals surface area contributed by atoms with E-state index in [1.807, 2.05) is 47.6 Å². The van der Waals surface area contributed by atoms with Crippen LogP contribution >= 0.6 is 0 Å². The second-order valence-corrected chi connectivity index (χ2v) is 7.05. The Balaban J connectivity index is 0.00000111. The van der Waals surface area contributed by atoms with Crippen molar-refractivity contribution in [2.75, 3.05) is 6.54 Å². The number of aryl methyl sites for hydroxylation is 3. The van der Waals surface area contributed by atoms with E-state index in [9.17, 15) is 9.59 Å². The monoisotopic (exact) mass is 456 g/mol. The van der Waals surface area contributed by atoms with Crippen LogP contribution < -0.4 is 16.8 Å². The molecule has 2 aromatic rings. The van der Waals surface area contributed by atoms with Gasteiger partial charge in [0.25, 0.3) is 5.91 Å². The van der Waals surface area contributed by atoms with E-state index in [0.717, 1.165) is 23.2 Å². The number of nitrogens with two attached hydrogens (primary N) is 2. The Bertz CT molecular complexity index is 968. The second-order valence-electron chi connectivity index (χ2n) is 7.05. The summed E-state index contributed by atoms with van der Waals surface area (Å²) in [6.07, 6.45) is 5.11. The predicted molar refractivity (Wildman–Crippen MR) is 137 cm³/mol. The Labute approximate surface area is 198 Å². The highest BCUT2D eigenvalue weighted by atomic mass is 16.2. The molecule has 2 amide bonds. The van der Waals surface area contributed by atoms with Crippen LogP contribution in [0.1, 0.15) is 78.7 Å². The molecule has 0 aliphatic heterocycles. The molecule has 182 valence electrons. The maximum Gasteiger partial charge on any atom is 0.274 e. The first-order chi connectivity index (χ1) is 15.6. The van der Waals surface area contributed by atoms with Crippen LogP contribution in [-0.4, -0.2) is 34.0 Å². The van der Waals surface area contributed by atoms with Crippen molar-refractivity contribution in [2.45, 2.75) is 68.4 Å². The Kier molecular flexibility index (Phi) is 14.0.